The Morgan fingerprint density at radius 3 is 2.50 bits per heavy atom. The van der Waals surface area contributed by atoms with Gasteiger partial charge >= 0.3 is 6.18 Å². The first-order valence-corrected chi connectivity index (χ1v) is 8.69. The van der Waals surface area contributed by atoms with Crippen LogP contribution in [0, 0.1) is 0 Å². The second-order valence-electron chi connectivity index (χ2n) is 6.27. The number of benzene rings is 1. The van der Waals surface area contributed by atoms with Gasteiger partial charge in [0.1, 0.15) is 5.76 Å². The summed E-state index contributed by atoms with van der Waals surface area (Å²) in [5.74, 6) is 1.36. The lowest BCUT2D eigenvalue weighted by Crippen LogP contribution is -2.41. The smallest absolute Gasteiger partial charge is 0.416 e. The van der Waals surface area contributed by atoms with E-state index in [4.69, 9.17) is 4.42 Å². The summed E-state index contributed by atoms with van der Waals surface area (Å²) >= 11 is 0. The van der Waals surface area contributed by atoms with Crippen LogP contribution in [0.4, 0.5) is 13.2 Å². The average Bonchev–Trinajstić information content (AvgIpc) is 3.13. The van der Waals surface area contributed by atoms with Crippen LogP contribution in [0.2, 0.25) is 0 Å². The van der Waals surface area contributed by atoms with Crippen molar-refractivity contribution in [2.45, 2.75) is 25.7 Å². The molecule has 0 saturated heterocycles. The first kappa shape index (κ1) is 24.3. The third-order valence-electron chi connectivity index (χ3n) is 3.98. The van der Waals surface area contributed by atoms with E-state index >= 15 is 0 Å². The van der Waals surface area contributed by atoms with Gasteiger partial charge in [0.25, 0.3) is 0 Å². The lowest BCUT2D eigenvalue weighted by atomic mass is 10.1. The molecular weight excluding hydrogens is 484 g/mol. The summed E-state index contributed by atoms with van der Waals surface area (Å²) < 4.78 is 44.0. The van der Waals surface area contributed by atoms with E-state index < -0.39 is 11.7 Å². The lowest BCUT2D eigenvalue weighted by molar-refractivity contribution is -0.137. The minimum absolute atomic E-state index is 0. The molecule has 156 valence electrons. The number of nitrogens with zero attached hydrogens (tertiary/aromatic N) is 2. The van der Waals surface area contributed by atoms with E-state index in [0.29, 0.717) is 24.6 Å². The third kappa shape index (κ3) is 7.34. The Bertz CT molecular complexity index is 733. The highest BCUT2D eigenvalue weighted by Crippen LogP contribution is 2.29. The molecule has 1 aromatic carbocycles. The van der Waals surface area contributed by atoms with Crippen molar-refractivity contribution in [2.24, 2.45) is 4.99 Å². The van der Waals surface area contributed by atoms with Crippen LogP contribution in [0.1, 0.15) is 29.9 Å². The van der Waals surface area contributed by atoms with Crippen molar-refractivity contribution in [3.63, 3.8) is 0 Å². The summed E-state index contributed by atoms with van der Waals surface area (Å²) in [5, 5.41) is 6.33. The molecule has 1 unspecified atom stereocenters. The molecule has 0 spiro atoms. The molecule has 0 bridgehead atoms. The Kier molecular flexibility index (Phi) is 9.80. The second kappa shape index (κ2) is 11.3. The Labute approximate surface area is 180 Å². The Morgan fingerprint density at radius 2 is 1.93 bits per heavy atom. The van der Waals surface area contributed by atoms with Gasteiger partial charge in [-0.15, -0.1) is 24.0 Å². The van der Waals surface area contributed by atoms with Gasteiger partial charge in [-0.2, -0.15) is 13.2 Å². The van der Waals surface area contributed by atoms with Crippen LogP contribution in [-0.2, 0) is 12.7 Å². The molecule has 0 aliphatic carbocycles. The van der Waals surface area contributed by atoms with Gasteiger partial charge < -0.3 is 15.1 Å². The fourth-order valence-electron chi connectivity index (χ4n) is 2.57. The monoisotopic (exact) mass is 510 g/mol. The van der Waals surface area contributed by atoms with Gasteiger partial charge in [-0.05, 0) is 50.8 Å². The molecule has 9 heteroatoms. The lowest BCUT2D eigenvalue weighted by Gasteiger charge is -2.23. The predicted molar refractivity (Wildman–Crippen MR) is 115 cm³/mol. The Balaban J connectivity index is 0.00000392. The largest absolute Gasteiger partial charge is 0.468 e. The number of hydrogen-bond donors (Lipinski definition) is 2. The number of halogens is 4. The van der Waals surface area contributed by atoms with E-state index in [1.165, 1.54) is 6.07 Å². The summed E-state index contributed by atoms with van der Waals surface area (Å²) in [6.07, 6.45) is -2.73. The molecule has 0 aliphatic rings. The first-order valence-electron chi connectivity index (χ1n) is 8.69. The molecule has 5 nitrogen and oxygen atoms in total. The quantitative estimate of drug-likeness (QED) is 0.332. The summed E-state index contributed by atoms with van der Waals surface area (Å²) in [7, 11) is 3.89. The van der Waals surface area contributed by atoms with Gasteiger partial charge in [0.05, 0.1) is 24.4 Å². The van der Waals surface area contributed by atoms with Gasteiger partial charge in [-0.3, -0.25) is 4.90 Å². The molecule has 1 aromatic heterocycles. The minimum atomic E-state index is -4.36. The summed E-state index contributed by atoms with van der Waals surface area (Å²) in [6, 6.07) is 8.94. The molecule has 1 heterocycles. The number of nitrogens with one attached hydrogen (secondary N) is 2. The van der Waals surface area contributed by atoms with Crippen LogP contribution in [0.25, 0.3) is 0 Å². The molecule has 28 heavy (non-hydrogen) atoms. The number of likely N-dealkylation sites (N-methyl/N-ethyl adjacent to an activating group) is 1. The molecule has 2 N–H and O–H groups in total. The maximum absolute atomic E-state index is 12.8. The van der Waals surface area contributed by atoms with E-state index in [-0.39, 0.29) is 36.6 Å². The number of alkyl halides is 3. The van der Waals surface area contributed by atoms with Crippen molar-refractivity contribution >= 4 is 29.9 Å². The zero-order chi connectivity index (χ0) is 19.9. The summed E-state index contributed by atoms with van der Waals surface area (Å²) in [5.41, 5.74) is -0.170. The van der Waals surface area contributed by atoms with Crippen molar-refractivity contribution in [3.8, 4) is 0 Å². The highest BCUT2D eigenvalue weighted by Gasteiger charge is 2.30. The van der Waals surface area contributed by atoms with Crippen molar-refractivity contribution < 1.29 is 17.6 Å². The molecule has 2 rings (SSSR count). The van der Waals surface area contributed by atoms with Gasteiger partial charge in [0.2, 0.25) is 0 Å². The SMILES string of the molecule is CCNC(=NCc1cccc(C(F)(F)F)c1)NCC(c1ccco1)N(C)C.I. The van der Waals surface area contributed by atoms with Gasteiger partial charge in [-0.1, -0.05) is 12.1 Å². The van der Waals surface area contributed by atoms with E-state index in [1.54, 1.807) is 12.3 Å². The highest BCUT2D eigenvalue weighted by atomic mass is 127. The zero-order valence-corrected chi connectivity index (χ0v) is 18.4. The fraction of sp³-hybridized carbons (Fsp3) is 0.421. The number of aliphatic imine (C=N–C) groups is 1. The van der Waals surface area contributed by atoms with E-state index in [2.05, 4.69) is 15.6 Å². The molecule has 0 aliphatic heterocycles. The van der Waals surface area contributed by atoms with Crippen molar-refractivity contribution in [1.82, 2.24) is 15.5 Å². The van der Waals surface area contributed by atoms with Gasteiger partial charge in [0.15, 0.2) is 5.96 Å². The summed E-state index contributed by atoms with van der Waals surface area (Å²) in [4.78, 5) is 6.41. The highest BCUT2D eigenvalue weighted by molar-refractivity contribution is 14.0. The van der Waals surface area contributed by atoms with Gasteiger partial charge in [-0.25, -0.2) is 4.99 Å². The maximum atomic E-state index is 12.8. The van der Waals surface area contributed by atoms with E-state index in [9.17, 15) is 13.2 Å². The van der Waals surface area contributed by atoms with Crippen LogP contribution in [-0.4, -0.2) is 38.0 Å². The van der Waals surface area contributed by atoms with Crippen LogP contribution in [0.3, 0.4) is 0 Å². The molecule has 0 fully saturated rings. The fourth-order valence-corrected chi connectivity index (χ4v) is 2.57. The predicted octanol–water partition coefficient (Wildman–Crippen LogP) is 4.27. The van der Waals surface area contributed by atoms with E-state index in [0.717, 1.165) is 17.9 Å². The zero-order valence-electron chi connectivity index (χ0n) is 16.1. The normalized spacial score (nSPS) is 13.2. The minimum Gasteiger partial charge on any atom is -0.468 e. The molecule has 0 amide bonds. The van der Waals surface area contributed by atoms with Gasteiger partial charge in [0, 0.05) is 13.1 Å². The van der Waals surface area contributed by atoms with Crippen LogP contribution < -0.4 is 10.6 Å². The number of furan rings is 1. The Morgan fingerprint density at radius 1 is 1.18 bits per heavy atom. The average molecular weight is 510 g/mol. The molecule has 0 radical (unpaired) electrons. The van der Waals surface area contributed by atoms with Crippen LogP contribution >= 0.6 is 24.0 Å². The first-order chi connectivity index (χ1) is 12.8. The molecular formula is C19H26F3IN4O. The van der Waals surface area contributed by atoms with Crippen LogP contribution in [0.5, 0.6) is 0 Å². The number of guanidine groups is 1. The molecule has 2 aromatic rings. The third-order valence-corrected chi connectivity index (χ3v) is 3.98. The standard InChI is InChI=1S/C19H25F3N4O.HI/c1-4-23-18(25-13-16(26(2)3)17-9-6-10-27-17)24-12-14-7-5-8-15(11-14)19(20,21)22;/h5-11,16H,4,12-13H2,1-3H3,(H2,23,24,25);1H. The molecule has 0 saturated carbocycles. The second-order valence-corrected chi connectivity index (χ2v) is 6.27. The van der Waals surface area contributed by atoms with E-state index in [1.807, 2.05) is 38.1 Å². The number of hydrogen-bond acceptors (Lipinski definition) is 3. The Hall–Kier alpha value is -1.75. The maximum Gasteiger partial charge on any atom is 0.416 e. The van der Waals surface area contributed by atoms with Crippen molar-refractivity contribution in [3.05, 3.63) is 59.5 Å². The topological polar surface area (TPSA) is 52.8 Å². The summed E-state index contributed by atoms with van der Waals surface area (Å²) in [6.45, 7) is 3.25. The van der Waals surface area contributed by atoms with Crippen molar-refractivity contribution in [2.75, 3.05) is 27.2 Å². The molecule has 1 atom stereocenters. The van der Waals surface area contributed by atoms with Crippen LogP contribution in [0.15, 0.2) is 52.1 Å². The number of rotatable bonds is 7. The van der Waals surface area contributed by atoms with Crippen molar-refractivity contribution in [1.29, 1.82) is 0 Å².